The van der Waals surface area contributed by atoms with Crippen molar-refractivity contribution in [3.8, 4) is 0 Å². The van der Waals surface area contributed by atoms with Crippen molar-refractivity contribution < 1.29 is 40.1 Å². The number of hydrogen-bond donors (Lipinski definition) is 1. The third-order valence-corrected chi connectivity index (χ3v) is 7.44. The van der Waals surface area contributed by atoms with E-state index in [0.29, 0.717) is 28.3 Å². The molecule has 0 aromatic heterocycles. The highest BCUT2D eigenvalue weighted by Crippen LogP contribution is 2.39. The molecular formula is C27H24F6N2O3S. The first-order valence-electron chi connectivity index (χ1n) is 11.7. The van der Waals surface area contributed by atoms with Crippen molar-refractivity contribution in [1.29, 1.82) is 0 Å². The highest BCUT2D eigenvalue weighted by atomic mass is 32.2. The summed E-state index contributed by atoms with van der Waals surface area (Å²) in [5.41, 5.74) is -3.37. The second-order valence-electron chi connectivity index (χ2n) is 9.18. The van der Waals surface area contributed by atoms with Gasteiger partial charge in [0.25, 0.3) is 0 Å². The maximum atomic E-state index is 13.4. The van der Waals surface area contributed by atoms with Crippen molar-refractivity contribution in [1.82, 2.24) is 5.32 Å². The molecule has 39 heavy (non-hydrogen) atoms. The van der Waals surface area contributed by atoms with E-state index in [0.717, 1.165) is 0 Å². The predicted octanol–water partition coefficient (Wildman–Crippen LogP) is 6.66. The molecule has 12 heteroatoms. The van der Waals surface area contributed by atoms with Crippen molar-refractivity contribution in [3.05, 3.63) is 95.1 Å². The largest absolute Gasteiger partial charge is 0.416 e. The summed E-state index contributed by atoms with van der Waals surface area (Å²) in [6.45, 7) is 1.08. The zero-order valence-corrected chi connectivity index (χ0v) is 21.6. The maximum Gasteiger partial charge on any atom is 0.416 e. The van der Waals surface area contributed by atoms with E-state index in [1.807, 2.05) is 0 Å². The van der Waals surface area contributed by atoms with Gasteiger partial charge in [-0.1, -0.05) is 42.5 Å². The van der Waals surface area contributed by atoms with E-state index in [1.165, 1.54) is 18.1 Å². The summed E-state index contributed by atoms with van der Waals surface area (Å²) >= 11 is 0. The molecule has 208 valence electrons. The molecule has 3 aromatic carbocycles. The molecule has 4 rings (SSSR count). The van der Waals surface area contributed by atoms with Gasteiger partial charge in [-0.25, -0.2) is 4.79 Å². The molecular weight excluding hydrogens is 546 g/mol. The average Bonchev–Trinajstić information content (AvgIpc) is 3.23. The maximum absolute atomic E-state index is 13.4. The third kappa shape index (κ3) is 6.11. The molecule has 0 spiro atoms. The molecule has 1 aliphatic heterocycles. The van der Waals surface area contributed by atoms with E-state index in [4.69, 9.17) is 4.74 Å². The van der Waals surface area contributed by atoms with Crippen LogP contribution in [0, 0.1) is 0 Å². The Kier molecular flexibility index (Phi) is 7.82. The van der Waals surface area contributed by atoms with Crippen LogP contribution in [0.1, 0.15) is 35.3 Å². The van der Waals surface area contributed by atoms with Crippen LogP contribution >= 0.6 is 0 Å². The number of hydrogen-bond acceptors (Lipinski definition) is 3. The Morgan fingerprint density at radius 3 is 2.08 bits per heavy atom. The van der Waals surface area contributed by atoms with Gasteiger partial charge in [0.05, 0.1) is 51.8 Å². The van der Waals surface area contributed by atoms with Gasteiger partial charge >= 0.3 is 18.4 Å². The molecule has 2 amide bonds. The lowest BCUT2D eigenvalue weighted by Crippen LogP contribution is -2.45. The third-order valence-electron chi connectivity index (χ3n) is 6.47. The van der Waals surface area contributed by atoms with Crippen molar-refractivity contribution in [3.63, 3.8) is 0 Å². The normalized spacial score (nSPS) is 19.6. The summed E-state index contributed by atoms with van der Waals surface area (Å²) in [6, 6.07) is 16.1. The molecule has 0 bridgehead atoms. The fraction of sp³-hybridized carbons (Fsp3) is 0.296. The number of carbonyl (C=O) groups is 1. The van der Waals surface area contributed by atoms with E-state index in [-0.39, 0.29) is 24.8 Å². The minimum atomic E-state index is -4.99. The number of nitrogens with zero attached hydrogens (tertiary/aromatic N) is 1. The summed E-state index contributed by atoms with van der Waals surface area (Å²) in [5, 5.41) is 2.88. The Morgan fingerprint density at radius 1 is 0.949 bits per heavy atom. The van der Waals surface area contributed by atoms with Crippen LogP contribution in [0.3, 0.4) is 0 Å². The zero-order chi connectivity index (χ0) is 28.6. The molecule has 0 aliphatic carbocycles. The Labute approximate surface area is 223 Å². The van der Waals surface area contributed by atoms with Crippen LogP contribution in [0.25, 0.3) is 0 Å². The number of rotatable bonds is 7. The summed E-state index contributed by atoms with van der Waals surface area (Å²) < 4.78 is 98.4. The number of ether oxygens (including phenoxy) is 1. The van der Waals surface area contributed by atoms with Gasteiger partial charge in [0, 0.05) is 6.26 Å². The van der Waals surface area contributed by atoms with Crippen LogP contribution in [0.5, 0.6) is 0 Å². The topological polar surface area (TPSA) is 58.6 Å². The molecule has 1 unspecified atom stereocenters. The molecule has 1 saturated heterocycles. The van der Waals surface area contributed by atoms with Gasteiger partial charge < -0.3 is 10.1 Å². The number of para-hydroxylation sites is 1. The number of carbonyl (C=O) groups excluding carboxylic acids is 1. The zero-order valence-electron chi connectivity index (χ0n) is 20.8. The molecule has 0 saturated carbocycles. The van der Waals surface area contributed by atoms with Crippen LogP contribution in [-0.2, 0) is 33.4 Å². The Hall–Kier alpha value is -3.38. The smallest absolute Gasteiger partial charge is 0.371 e. The quantitative estimate of drug-likeness (QED) is 0.323. The van der Waals surface area contributed by atoms with Crippen LogP contribution in [0.2, 0.25) is 0 Å². The van der Waals surface area contributed by atoms with Crippen LogP contribution in [-0.4, -0.2) is 29.6 Å². The fourth-order valence-corrected chi connectivity index (χ4v) is 5.18. The molecule has 1 aliphatic rings. The van der Waals surface area contributed by atoms with Crippen molar-refractivity contribution in [2.45, 2.75) is 35.8 Å². The number of halogens is 6. The Bertz CT molecular complexity index is 1350. The molecule has 0 radical (unpaired) electrons. The average molecular weight is 571 g/mol. The van der Waals surface area contributed by atoms with E-state index in [9.17, 15) is 35.3 Å². The second kappa shape index (κ2) is 10.6. The Morgan fingerprint density at radius 2 is 1.51 bits per heavy atom. The van der Waals surface area contributed by atoms with Gasteiger partial charge in [-0.15, -0.1) is 0 Å². The van der Waals surface area contributed by atoms with E-state index >= 15 is 0 Å². The molecule has 3 aromatic rings. The monoisotopic (exact) mass is 570 g/mol. The molecule has 3 atom stereocenters. The Balaban J connectivity index is 1.68. The lowest BCUT2D eigenvalue weighted by atomic mass is 9.91. The van der Waals surface area contributed by atoms with Crippen LogP contribution < -0.4 is 10.2 Å². The van der Waals surface area contributed by atoms with E-state index in [1.54, 1.807) is 54.6 Å². The number of urea groups is 1. The minimum Gasteiger partial charge on any atom is -0.371 e. The molecule has 1 fully saturated rings. The molecule has 1 N–H and O–H groups in total. The van der Waals surface area contributed by atoms with Crippen LogP contribution in [0.4, 0.5) is 36.8 Å². The SMILES string of the molecule is C[C@@H](OC[C@@]1(c2ccccc2)CN(c2ccccc2S(C)=O)C(=O)N1)c1cc(C(F)(F)F)cc(C(F)(F)F)c1. The molecule has 5 nitrogen and oxygen atoms in total. The highest BCUT2D eigenvalue weighted by Gasteiger charge is 2.46. The first-order chi connectivity index (χ1) is 18.2. The van der Waals surface area contributed by atoms with Crippen molar-refractivity contribution in [2.75, 3.05) is 24.3 Å². The van der Waals surface area contributed by atoms with Gasteiger partial charge in [0.15, 0.2) is 0 Å². The second-order valence-corrected chi connectivity index (χ2v) is 10.5. The van der Waals surface area contributed by atoms with Gasteiger partial charge in [-0.3, -0.25) is 9.11 Å². The fourth-order valence-electron chi connectivity index (χ4n) is 4.43. The number of benzene rings is 3. The standard InChI is InChI=1S/C27H24F6N2O3S/c1-17(18-12-20(26(28,29)30)14-21(13-18)27(31,32)33)38-16-25(19-8-4-3-5-9-19)15-35(24(36)34-25)22-10-6-7-11-23(22)39(2)37/h3-14,17H,15-16H2,1-2H3,(H,34,36)/t17-,25-,39?/m1/s1. The minimum absolute atomic E-state index is 0.00711. The summed E-state index contributed by atoms with van der Waals surface area (Å²) in [7, 11) is -1.41. The summed E-state index contributed by atoms with van der Waals surface area (Å²) in [4.78, 5) is 15.0. The van der Waals surface area contributed by atoms with Crippen molar-refractivity contribution >= 4 is 22.5 Å². The van der Waals surface area contributed by atoms with Gasteiger partial charge in [0.2, 0.25) is 0 Å². The van der Waals surface area contributed by atoms with Gasteiger partial charge in [0.1, 0.15) is 5.54 Å². The highest BCUT2D eigenvalue weighted by molar-refractivity contribution is 7.84. The molecule has 1 heterocycles. The summed E-state index contributed by atoms with van der Waals surface area (Å²) in [6.07, 6.45) is -9.69. The lowest BCUT2D eigenvalue weighted by molar-refractivity contribution is -0.143. The number of anilines is 1. The first-order valence-corrected chi connectivity index (χ1v) is 13.3. The van der Waals surface area contributed by atoms with Gasteiger partial charge in [-0.05, 0) is 48.4 Å². The number of alkyl halides is 6. The number of nitrogens with one attached hydrogen (secondary N) is 1. The van der Waals surface area contributed by atoms with E-state index in [2.05, 4.69) is 5.32 Å². The van der Waals surface area contributed by atoms with Crippen LogP contribution in [0.15, 0.2) is 77.7 Å². The lowest BCUT2D eigenvalue weighted by Gasteiger charge is -2.31. The first kappa shape index (κ1) is 28.6. The number of amides is 2. The van der Waals surface area contributed by atoms with Gasteiger partial charge in [-0.2, -0.15) is 26.3 Å². The predicted molar refractivity (Wildman–Crippen MR) is 134 cm³/mol. The summed E-state index contributed by atoms with van der Waals surface area (Å²) in [5.74, 6) is 0. The van der Waals surface area contributed by atoms with E-state index < -0.39 is 52.0 Å². The van der Waals surface area contributed by atoms with Crippen molar-refractivity contribution in [2.24, 2.45) is 0 Å².